The molecule has 0 spiro atoms. The molecule has 174 valence electrons. The predicted molar refractivity (Wildman–Crippen MR) is 121 cm³/mol. The van der Waals surface area contributed by atoms with Gasteiger partial charge in [-0.1, -0.05) is 29.8 Å². The number of benzene rings is 2. The van der Waals surface area contributed by atoms with E-state index in [0.717, 1.165) is 11.1 Å². The second-order valence-electron chi connectivity index (χ2n) is 8.16. The van der Waals surface area contributed by atoms with Crippen LogP contribution in [0.2, 0.25) is 0 Å². The van der Waals surface area contributed by atoms with Crippen LogP contribution in [0.1, 0.15) is 36.4 Å². The topological polar surface area (TPSA) is 116 Å². The van der Waals surface area contributed by atoms with Gasteiger partial charge >= 0.3 is 5.69 Å². The average Bonchev–Trinajstić information content (AvgIpc) is 3.03. The molecule has 2 aromatic carbocycles. The molecule has 0 radical (unpaired) electrons. The number of carbonyl (C=O) groups is 2. The quantitative estimate of drug-likeness (QED) is 0.320. The number of imidazole rings is 1. The van der Waals surface area contributed by atoms with Gasteiger partial charge in [-0.3, -0.25) is 28.2 Å². The van der Waals surface area contributed by atoms with Gasteiger partial charge in [0.1, 0.15) is 6.04 Å². The highest BCUT2D eigenvalue weighted by Gasteiger charge is 2.31. The molecule has 3 aromatic rings. The lowest BCUT2D eigenvalue weighted by Crippen LogP contribution is -2.44. The van der Waals surface area contributed by atoms with Crippen molar-refractivity contribution >= 4 is 33.0 Å². The number of hydrogen-bond acceptors (Lipinski definition) is 6. The molecular weight excluding hydrogens is 446 g/mol. The third-order valence-corrected chi connectivity index (χ3v) is 7.17. The zero-order valence-electron chi connectivity index (χ0n) is 18.4. The maximum absolute atomic E-state index is 13.0. The number of rotatable bonds is 7. The first kappa shape index (κ1) is 22.9. The number of aryl methyl sites for hydroxylation is 3. The van der Waals surface area contributed by atoms with Crippen LogP contribution in [0.4, 0.5) is 0 Å². The van der Waals surface area contributed by atoms with E-state index < -0.39 is 22.1 Å². The van der Waals surface area contributed by atoms with Gasteiger partial charge in [0.2, 0.25) is 11.8 Å². The summed E-state index contributed by atoms with van der Waals surface area (Å²) < 4.78 is 32.8. The minimum Gasteiger partial charge on any atom is -0.295 e. The first-order chi connectivity index (χ1) is 15.7. The fourth-order valence-electron chi connectivity index (χ4n) is 4.16. The van der Waals surface area contributed by atoms with Gasteiger partial charge in [-0.25, -0.2) is 4.79 Å². The lowest BCUT2D eigenvalue weighted by molar-refractivity contribution is -0.135. The molecule has 9 nitrogen and oxygen atoms in total. The fraction of sp³-hybridized carbons (Fsp3) is 0.348. The zero-order chi connectivity index (χ0) is 23.8. The van der Waals surface area contributed by atoms with Crippen LogP contribution in [0.25, 0.3) is 11.0 Å². The number of para-hydroxylation sites is 1. The Morgan fingerprint density at radius 3 is 2.52 bits per heavy atom. The molecule has 10 heteroatoms. The van der Waals surface area contributed by atoms with Gasteiger partial charge < -0.3 is 0 Å². The van der Waals surface area contributed by atoms with E-state index in [1.54, 1.807) is 31.3 Å². The van der Waals surface area contributed by atoms with Gasteiger partial charge in [-0.05, 0) is 49.9 Å². The first-order valence-electron chi connectivity index (χ1n) is 10.7. The van der Waals surface area contributed by atoms with Crippen molar-refractivity contribution in [1.82, 2.24) is 14.5 Å². The van der Waals surface area contributed by atoms with Crippen LogP contribution in [0.5, 0.6) is 0 Å². The molecule has 1 atom stereocenters. The SMILES string of the molecule is Cc1ccc(S(=O)(=O)OCCCc2cccc3c2n(C)c(=O)n3C2CCC(=O)NC2=O)cc1. The van der Waals surface area contributed by atoms with Crippen molar-refractivity contribution < 1.29 is 22.2 Å². The fourth-order valence-corrected chi connectivity index (χ4v) is 5.10. The molecule has 1 aliphatic heterocycles. The van der Waals surface area contributed by atoms with E-state index in [1.807, 2.05) is 13.0 Å². The molecule has 1 aromatic heterocycles. The highest BCUT2D eigenvalue weighted by Crippen LogP contribution is 2.25. The monoisotopic (exact) mass is 471 g/mol. The molecule has 1 fully saturated rings. The Labute approximate surface area is 191 Å². The molecule has 1 N–H and O–H groups in total. The second-order valence-corrected chi connectivity index (χ2v) is 9.77. The van der Waals surface area contributed by atoms with E-state index >= 15 is 0 Å². The van der Waals surface area contributed by atoms with Gasteiger partial charge in [0.25, 0.3) is 10.1 Å². The lowest BCUT2D eigenvalue weighted by Gasteiger charge is -2.21. The normalized spacial score (nSPS) is 16.8. The number of imide groups is 1. The van der Waals surface area contributed by atoms with E-state index in [1.165, 1.54) is 21.3 Å². The van der Waals surface area contributed by atoms with Crippen LogP contribution >= 0.6 is 0 Å². The summed E-state index contributed by atoms with van der Waals surface area (Å²) in [6.45, 7) is 1.87. The molecule has 1 saturated heterocycles. The summed E-state index contributed by atoms with van der Waals surface area (Å²) in [5.74, 6) is -0.827. The number of aromatic nitrogens is 2. The Morgan fingerprint density at radius 2 is 1.82 bits per heavy atom. The molecule has 1 unspecified atom stereocenters. The summed E-state index contributed by atoms with van der Waals surface area (Å²) in [5, 5.41) is 2.30. The van der Waals surface area contributed by atoms with Crippen molar-refractivity contribution in [2.45, 2.75) is 43.5 Å². The molecule has 2 amide bonds. The average molecular weight is 472 g/mol. The minimum atomic E-state index is -3.84. The number of fused-ring (bicyclic) bond motifs is 1. The van der Waals surface area contributed by atoms with Crippen LogP contribution in [-0.4, -0.2) is 36.0 Å². The zero-order valence-corrected chi connectivity index (χ0v) is 19.2. The van der Waals surface area contributed by atoms with Gasteiger partial charge in [0.15, 0.2) is 0 Å². The van der Waals surface area contributed by atoms with Gasteiger partial charge in [-0.15, -0.1) is 0 Å². The van der Waals surface area contributed by atoms with E-state index in [9.17, 15) is 22.8 Å². The van der Waals surface area contributed by atoms with Crippen molar-refractivity contribution in [3.63, 3.8) is 0 Å². The van der Waals surface area contributed by atoms with E-state index in [-0.39, 0.29) is 35.9 Å². The van der Waals surface area contributed by atoms with Crippen molar-refractivity contribution in [1.29, 1.82) is 0 Å². The summed E-state index contributed by atoms with van der Waals surface area (Å²) in [6.07, 6.45) is 1.33. The third-order valence-electron chi connectivity index (χ3n) is 5.85. The molecule has 0 bridgehead atoms. The number of carbonyl (C=O) groups excluding carboxylic acids is 2. The highest BCUT2D eigenvalue weighted by atomic mass is 32.2. The Morgan fingerprint density at radius 1 is 1.09 bits per heavy atom. The molecule has 0 saturated carbocycles. The van der Waals surface area contributed by atoms with Crippen molar-refractivity contribution in [2.24, 2.45) is 7.05 Å². The van der Waals surface area contributed by atoms with Gasteiger partial charge in [0, 0.05) is 13.5 Å². The van der Waals surface area contributed by atoms with Crippen LogP contribution in [0, 0.1) is 6.92 Å². The second kappa shape index (κ2) is 8.95. The van der Waals surface area contributed by atoms with Gasteiger partial charge in [-0.2, -0.15) is 8.42 Å². The molecule has 4 rings (SSSR count). The maximum Gasteiger partial charge on any atom is 0.329 e. The summed E-state index contributed by atoms with van der Waals surface area (Å²) in [7, 11) is -2.21. The van der Waals surface area contributed by atoms with Crippen LogP contribution in [-0.2, 0) is 37.4 Å². The number of nitrogens with zero attached hydrogens (tertiary/aromatic N) is 2. The minimum absolute atomic E-state index is 0.00556. The van der Waals surface area contributed by atoms with Crippen LogP contribution in [0.3, 0.4) is 0 Å². The highest BCUT2D eigenvalue weighted by molar-refractivity contribution is 7.86. The molecular formula is C23H25N3O6S. The number of hydrogen-bond donors (Lipinski definition) is 1. The third kappa shape index (κ3) is 4.49. The number of piperidine rings is 1. The Bertz CT molecular complexity index is 1390. The Kier molecular flexibility index (Phi) is 6.22. The summed E-state index contributed by atoms with van der Waals surface area (Å²) in [6, 6.07) is 11.1. The summed E-state index contributed by atoms with van der Waals surface area (Å²) in [5.41, 5.74) is 2.73. The van der Waals surface area contributed by atoms with Crippen molar-refractivity contribution in [3.05, 3.63) is 64.1 Å². The molecule has 0 aliphatic carbocycles. The lowest BCUT2D eigenvalue weighted by atomic mass is 10.0. The molecule has 33 heavy (non-hydrogen) atoms. The Hall–Kier alpha value is -3.24. The first-order valence-corrected chi connectivity index (χ1v) is 12.1. The standard InChI is InChI=1S/C23H25N3O6S/c1-15-8-10-17(11-9-15)33(30,31)32-14-4-6-16-5-3-7-18-21(16)25(2)23(29)26(18)19-12-13-20(27)24-22(19)28/h3,5,7-11,19H,4,6,12-14H2,1-2H3,(H,24,27,28). The van der Waals surface area contributed by atoms with Gasteiger partial charge in [0.05, 0.1) is 22.5 Å². The Balaban J connectivity index is 1.52. The van der Waals surface area contributed by atoms with E-state index in [0.29, 0.717) is 23.9 Å². The smallest absolute Gasteiger partial charge is 0.295 e. The number of amides is 2. The van der Waals surface area contributed by atoms with Crippen molar-refractivity contribution in [3.8, 4) is 0 Å². The molecule has 1 aliphatic rings. The number of nitrogens with one attached hydrogen (secondary N) is 1. The maximum atomic E-state index is 13.0. The molecule has 2 heterocycles. The van der Waals surface area contributed by atoms with Crippen LogP contribution in [0.15, 0.2) is 52.2 Å². The van der Waals surface area contributed by atoms with E-state index in [4.69, 9.17) is 4.18 Å². The van der Waals surface area contributed by atoms with Crippen LogP contribution < -0.4 is 11.0 Å². The van der Waals surface area contributed by atoms with E-state index in [2.05, 4.69) is 5.32 Å². The largest absolute Gasteiger partial charge is 0.329 e. The van der Waals surface area contributed by atoms with Crippen molar-refractivity contribution in [2.75, 3.05) is 6.61 Å². The summed E-state index contributed by atoms with van der Waals surface area (Å²) >= 11 is 0. The summed E-state index contributed by atoms with van der Waals surface area (Å²) in [4.78, 5) is 36.9. The predicted octanol–water partition coefficient (Wildman–Crippen LogP) is 1.96.